The van der Waals surface area contributed by atoms with Gasteiger partial charge in [-0.1, -0.05) is 29.8 Å². The van der Waals surface area contributed by atoms with E-state index in [2.05, 4.69) is 36.1 Å². The van der Waals surface area contributed by atoms with Gasteiger partial charge in [0.1, 0.15) is 5.82 Å². The normalized spacial score (nSPS) is 17.6. The molecule has 0 unspecified atom stereocenters. The van der Waals surface area contributed by atoms with Crippen LogP contribution in [0, 0.1) is 6.92 Å². The maximum absolute atomic E-state index is 4.97. The lowest BCUT2D eigenvalue weighted by Gasteiger charge is -2.29. The van der Waals surface area contributed by atoms with Crippen LogP contribution in [0.15, 0.2) is 24.3 Å². The minimum Gasteiger partial charge on any atom is -0.355 e. The highest BCUT2D eigenvalue weighted by Crippen LogP contribution is 2.32. The van der Waals surface area contributed by atoms with Crippen LogP contribution in [0.4, 0.5) is 5.82 Å². The summed E-state index contributed by atoms with van der Waals surface area (Å²) in [5.41, 5.74) is 5.09. The number of nitrogens with zero attached hydrogens (tertiary/aromatic N) is 3. The molecule has 1 saturated heterocycles. The number of benzene rings is 1. The number of hydrogen-bond donors (Lipinski definition) is 0. The number of fused-ring (bicyclic) bond motifs is 1. The zero-order chi connectivity index (χ0) is 14.9. The summed E-state index contributed by atoms with van der Waals surface area (Å²) in [6.07, 6.45) is 3.46. The second kappa shape index (κ2) is 5.92. The summed E-state index contributed by atoms with van der Waals surface area (Å²) in [6, 6.07) is 8.57. The molecule has 0 radical (unpaired) electrons. The van der Waals surface area contributed by atoms with Crippen molar-refractivity contribution in [2.45, 2.75) is 26.2 Å². The number of hydrogen-bond acceptors (Lipinski definition) is 4. The number of anilines is 1. The van der Waals surface area contributed by atoms with Gasteiger partial charge in [-0.15, -0.1) is 0 Å². The van der Waals surface area contributed by atoms with Gasteiger partial charge in [-0.3, -0.25) is 0 Å². The van der Waals surface area contributed by atoms with Gasteiger partial charge in [0.2, 0.25) is 0 Å². The van der Waals surface area contributed by atoms with Crippen molar-refractivity contribution < 1.29 is 0 Å². The van der Waals surface area contributed by atoms with Gasteiger partial charge in [-0.2, -0.15) is 11.8 Å². The molecule has 0 N–H and O–H groups in total. The molecule has 0 saturated carbocycles. The number of thioether (sulfide) groups is 1. The molecule has 4 rings (SSSR count). The number of rotatable bonds is 2. The predicted octanol–water partition coefficient (Wildman–Crippen LogP) is 3.49. The van der Waals surface area contributed by atoms with Crippen LogP contribution in [0.1, 0.15) is 23.2 Å². The third kappa shape index (κ3) is 2.60. The van der Waals surface area contributed by atoms with Crippen molar-refractivity contribution in [3.8, 4) is 11.4 Å². The topological polar surface area (TPSA) is 29.0 Å². The molecule has 2 heterocycles. The van der Waals surface area contributed by atoms with Crippen molar-refractivity contribution in [1.82, 2.24) is 9.97 Å². The van der Waals surface area contributed by atoms with E-state index in [1.54, 1.807) is 0 Å². The Morgan fingerprint density at radius 1 is 1.00 bits per heavy atom. The van der Waals surface area contributed by atoms with Crippen LogP contribution in [-0.2, 0) is 12.8 Å². The second-order valence-electron chi connectivity index (χ2n) is 6.12. The first kappa shape index (κ1) is 14.1. The Hall–Kier alpha value is -1.55. The van der Waals surface area contributed by atoms with Crippen LogP contribution < -0.4 is 4.90 Å². The smallest absolute Gasteiger partial charge is 0.161 e. The minimum atomic E-state index is 0.897. The van der Waals surface area contributed by atoms with E-state index in [4.69, 9.17) is 9.97 Å². The molecular weight excluding hydrogens is 290 g/mol. The standard InChI is InChI=1S/C18H21N3S/c1-13-5-7-14(8-6-13)17-19-16-4-2-3-15(16)18(20-17)21-9-11-22-12-10-21/h5-8H,2-4,9-12H2,1H3. The van der Waals surface area contributed by atoms with Crippen molar-refractivity contribution >= 4 is 17.6 Å². The van der Waals surface area contributed by atoms with Crippen LogP contribution >= 0.6 is 11.8 Å². The first-order valence-corrected chi connectivity index (χ1v) is 9.26. The molecule has 22 heavy (non-hydrogen) atoms. The van der Waals surface area contributed by atoms with Gasteiger partial charge in [-0.05, 0) is 26.2 Å². The van der Waals surface area contributed by atoms with Gasteiger partial charge in [0.05, 0.1) is 0 Å². The van der Waals surface area contributed by atoms with E-state index < -0.39 is 0 Å². The molecule has 1 aromatic heterocycles. The Morgan fingerprint density at radius 3 is 2.55 bits per heavy atom. The van der Waals surface area contributed by atoms with Gasteiger partial charge in [0, 0.05) is 41.4 Å². The van der Waals surface area contributed by atoms with Crippen LogP contribution in [0.25, 0.3) is 11.4 Å². The molecule has 4 heteroatoms. The summed E-state index contributed by atoms with van der Waals surface area (Å²) in [6.45, 7) is 4.34. The van der Waals surface area contributed by atoms with Crippen molar-refractivity contribution in [2.75, 3.05) is 29.5 Å². The highest BCUT2D eigenvalue weighted by Gasteiger charge is 2.24. The zero-order valence-electron chi connectivity index (χ0n) is 13.0. The van der Waals surface area contributed by atoms with Crippen molar-refractivity contribution in [3.05, 3.63) is 41.1 Å². The Morgan fingerprint density at radius 2 is 1.77 bits per heavy atom. The minimum absolute atomic E-state index is 0.897. The molecule has 0 bridgehead atoms. The molecule has 1 aromatic carbocycles. The van der Waals surface area contributed by atoms with E-state index >= 15 is 0 Å². The van der Waals surface area contributed by atoms with E-state index in [9.17, 15) is 0 Å². The molecule has 1 aliphatic carbocycles. The Balaban J connectivity index is 1.78. The highest BCUT2D eigenvalue weighted by atomic mass is 32.2. The maximum atomic E-state index is 4.97. The molecule has 0 atom stereocenters. The second-order valence-corrected chi connectivity index (χ2v) is 7.34. The molecule has 0 amide bonds. The Kier molecular flexibility index (Phi) is 3.78. The number of aromatic nitrogens is 2. The molecular formula is C18H21N3S. The van der Waals surface area contributed by atoms with Crippen molar-refractivity contribution in [2.24, 2.45) is 0 Å². The summed E-state index contributed by atoms with van der Waals surface area (Å²) in [4.78, 5) is 12.3. The Bertz CT molecular complexity index is 675. The monoisotopic (exact) mass is 311 g/mol. The summed E-state index contributed by atoms with van der Waals surface area (Å²) in [5.74, 6) is 4.52. The molecule has 2 aromatic rings. The summed E-state index contributed by atoms with van der Waals surface area (Å²) < 4.78 is 0. The largest absolute Gasteiger partial charge is 0.355 e. The quantitative estimate of drug-likeness (QED) is 0.849. The van der Waals surface area contributed by atoms with Crippen LogP contribution in [0.5, 0.6) is 0 Å². The average Bonchev–Trinajstić information content (AvgIpc) is 3.04. The van der Waals surface area contributed by atoms with Gasteiger partial charge < -0.3 is 4.90 Å². The fourth-order valence-electron chi connectivity index (χ4n) is 3.28. The molecule has 114 valence electrons. The van der Waals surface area contributed by atoms with Gasteiger partial charge in [0.25, 0.3) is 0 Å². The van der Waals surface area contributed by atoms with Crippen molar-refractivity contribution in [1.29, 1.82) is 0 Å². The van der Waals surface area contributed by atoms with Gasteiger partial charge in [-0.25, -0.2) is 9.97 Å². The van der Waals surface area contributed by atoms with E-state index in [-0.39, 0.29) is 0 Å². The zero-order valence-corrected chi connectivity index (χ0v) is 13.8. The molecule has 2 aliphatic rings. The van der Waals surface area contributed by atoms with Gasteiger partial charge in [0.15, 0.2) is 5.82 Å². The van der Waals surface area contributed by atoms with E-state index in [1.807, 2.05) is 11.8 Å². The summed E-state index contributed by atoms with van der Waals surface area (Å²) >= 11 is 2.04. The van der Waals surface area contributed by atoms with Gasteiger partial charge >= 0.3 is 0 Å². The van der Waals surface area contributed by atoms with E-state index in [1.165, 1.54) is 40.6 Å². The lowest BCUT2D eigenvalue weighted by molar-refractivity contribution is 0.824. The van der Waals surface area contributed by atoms with Crippen LogP contribution in [-0.4, -0.2) is 34.6 Å². The number of aryl methyl sites for hydroxylation is 2. The Labute approximate surface area is 136 Å². The molecule has 3 nitrogen and oxygen atoms in total. The third-order valence-corrected chi connectivity index (χ3v) is 5.47. The van der Waals surface area contributed by atoms with Crippen molar-refractivity contribution in [3.63, 3.8) is 0 Å². The SMILES string of the molecule is Cc1ccc(-c2nc3c(c(N4CCSCC4)n2)CCC3)cc1. The first-order chi connectivity index (χ1) is 10.8. The molecule has 1 fully saturated rings. The lowest BCUT2D eigenvalue weighted by Crippen LogP contribution is -2.34. The predicted molar refractivity (Wildman–Crippen MR) is 93.8 cm³/mol. The maximum Gasteiger partial charge on any atom is 0.161 e. The first-order valence-electron chi connectivity index (χ1n) is 8.11. The van der Waals surface area contributed by atoms with E-state index in [0.29, 0.717) is 0 Å². The summed E-state index contributed by atoms with van der Waals surface area (Å²) in [5, 5.41) is 0. The lowest BCUT2D eigenvalue weighted by atomic mass is 10.1. The van der Waals surface area contributed by atoms with Crippen LogP contribution in [0.2, 0.25) is 0 Å². The fourth-order valence-corrected chi connectivity index (χ4v) is 4.18. The van der Waals surface area contributed by atoms with E-state index in [0.717, 1.165) is 37.3 Å². The third-order valence-electron chi connectivity index (χ3n) is 4.53. The molecule has 1 aliphatic heterocycles. The molecule has 0 spiro atoms. The average molecular weight is 311 g/mol. The highest BCUT2D eigenvalue weighted by molar-refractivity contribution is 7.99. The fraction of sp³-hybridized carbons (Fsp3) is 0.444. The summed E-state index contributed by atoms with van der Waals surface area (Å²) in [7, 11) is 0. The van der Waals surface area contributed by atoms with Crippen LogP contribution in [0.3, 0.4) is 0 Å².